The minimum absolute atomic E-state index is 0.0478. The summed E-state index contributed by atoms with van der Waals surface area (Å²) < 4.78 is 12.4. The normalized spacial score (nSPS) is 17.1. The van der Waals surface area contributed by atoms with Crippen molar-refractivity contribution in [1.29, 1.82) is 0 Å². The Morgan fingerprint density at radius 1 is 1.23 bits per heavy atom. The van der Waals surface area contributed by atoms with E-state index < -0.39 is 0 Å². The molecule has 3 heterocycles. The number of hydrogen-bond acceptors (Lipinski definition) is 7. The quantitative estimate of drug-likeness (QED) is 0.798. The van der Waals surface area contributed by atoms with Gasteiger partial charge in [0.15, 0.2) is 11.0 Å². The molecule has 0 unspecified atom stereocenters. The molecule has 8 heteroatoms. The molecule has 138 valence electrons. The lowest BCUT2D eigenvalue weighted by molar-refractivity contribution is 0.0494. The van der Waals surface area contributed by atoms with E-state index in [1.165, 1.54) is 0 Å². The second-order valence-corrected chi connectivity index (χ2v) is 7.32. The summed E-state index contributed by atoms with van der Waals surface area (Å²) in [5.41, 5.74) is 5.16. The van der Waals surface area contributed by atoms with Crippen LogP contribution in [0.3, 0.4) is 0 Å². The van der Waals surface area contributed by atoms with E-state index in [0.29, 0.717) is 31.0 Å². The van der Waals surface area contributed by atoms with E-state index in [0.717, 1.165) is 41.9 Å². The molecular formula is C18H22N4O3S. The molecule has 2 aliphatic rings. The fourth-order valence-corrected chi connectivity index (χ4v) is 4.08. The van der Waals surface area contributed by atoms with Crippen LogP contribution in [-0.2, 0) is 17.7 Å². The molecule has 0 amide bonds. The van der Waals surface area contributed by atoms with Gasteiger partial charge in [0.1, 0.15) is 5.75 Å². The average Bonchev–Trinajstić information content (AvgIpc) is 3.15. The smallest absolute Gasteiger partial charge is 0.259 e. The van der Waals surface area contributed by atoms with Crippen LogP contribution in [0.4, 0.5) is 5.82 Å². The molecule has 1 N–H and O–H groups in total. The average molecular weight is 374 g/mol. The number of hydrogen-bond donors (Lipinski definition) is 1. The molecule has 0 radical (unpaired) electrons. The maximum Gasteiger partial charge on any atom is 0.259 e. The zero-order valence-electron chi connectivity index (χ0n) is 14.7. The summed E-state index contributed by atoms with van der Waals surface area (Å²) in [4.78, 5) is 17.8. The maximum atomic E-state index is 13.1. The Morgan fingerprint density at radius 2 is 2.00 bits per heavy atom. The third-order valence-corrected chi connectivity index (χ3v) is 5.55. The molecule has 7 nitrogen and oxygen atoms in total. The Hall–Kier alpha value is -2.03. The Bertz CT molecular complexity index is 832. The van der Waals surface area contributed by atoms with E-state index in [1.807, 2.05) is 24.3 Å². The number of ether oxygens (including phenoxy) is 2. The first-order valence-electron chi connectivity index (χ1n) is 8.73. The number of benzene rings is 1. The molecule has 0 saturated carbocycles. The molecule has 1 saturated heterocycles. The zero-order chi connectivity index (χ0) is 17.9. The highest BCUT2D eigenvalue weighted by molar-refractivity contribution is 7.99. The van der Waals surface area contributed by atoms with E-state index in [4.69, 9.17) is 14.5 Å². The van der Waals surface area contributed by atoms with Gasteiger partial charge in [0, 0.05) is 31.8 Å². The summed E-state index contributed by atoms with van der Waals surface area (Å²) in [7, 11) is 1.65. The van der Waals surface area contributed by atoms with Gasteiger partial charge < -0.3 is 14.9 Å². The van der Waals surface area contributed by atoms with Gasteiger partial charge in [0.25, 0.3) is 5.56 Å². The van der Waals surface area contributed by atoms with Crippen molar-refractivity contribution in [2.75, 3.05) is 44.6 Å². The lowest BCUT2D eigenvalue weighted by atomic mass is 10.1. The molecule has 1 fully saturated rings. The second kappa shape index (κ2) is 7.69. The van der Waals surface area contributed by atoms with E-state index in [1.54, 1.807) is 23.4 Å². The Labute approximate surface area is 156 Å². The Kier molecular flexibility index (Phi) is 5.14. The van der Waals surface area contributed by atoms with E-state index in [9.17, 15) is 4.79 Å². The predicted molar refractivity (Wildman–Crippen MR) is 101 cm³/mol. The molecule has 1 aromatic heterocycles. The number of fused-ring (bicyclic) bond motifs is 1. The third kappa shape index (κ3) is 3.58. The lowest BCUT2D eigenvalue weighted by Crippen LogP contribution is -2.41. The van der Waals surface area contributed by atoms with Gasteiger partial charge >= 0.3 is 0 Å². The SMILES string of the molecule is COc1ccc(Cc2c(NN3CCOCC3)nc3n(c2=O)CCS3)cc1. The van der Waals surface area contributed by atoms with Crippen molar-refractivity contribution >= 4 is 17.6 Å². The monoisotopic (exact) mass is 374 g/mol. The minimum atomic E-state index is 0.0478. The summed E-state index contributed by atoms with van der Waals surface area (Å²) in [6, 6.07) is 7.81. The number of methoxy groups -OCH3 is 1. The van der Waals surface area contributed by atoms with Crippen molar-refractivity contribution in [3.05, 3.63) is 45.7 Å². The molecule has 2 aromatic rings. The first-order chi connectivity index (χ1) is 12.7. The third-order valence-electron chi connectivity index (χ3n) is 4.59. The number of nitrogens with zero attached hydrogens (tertiary/aromatic N) is 3. The molecule has 1 aromatic carbocycles. The van der Waals surface area contributed by atoms with Crippen LogP contribution in [0.1, 0.15) is 11.1 Å². The molecule has 2 aliphatic heterocycles. The standard InChI is InChI=1S/C18H22N4O3S/c1-24-14-4-2-13(3-5-14)12-15-16(20-21-6-9-25-10-7-21)19-18-22(17(15)23)8-11-26-18/h2-5,20H,6-12H2,1H3. The van der Waals surface area contributed by atoms with E-state index >= 15 is 0 Å². The Morgan fingerprint density at radius 3 is 2.73 bits per heavy atom. The largest absolute Gasteiger partial charge is 0.497 e. The topological polar surface area (TPSA) is 68.6 Å². The molecular weight excluding hydrogens is 352 g/mol. The number of morpholine rings is 1. The van der Waals surface area contributed by atoms with Gasteiger partial charge in [-0.1, -0.05) is 23.9 Å². The van der Waals surface area contributed by atoms with Gasteiger partial charge in [-0.2, -0.15) is 0 Å². The van der Waals surface area contributed by atoms with Gasteiger partial charge in [-0.15, -0.1) is 0 Å². The van der Waals surface area contributed by atoms with Gasteiger partial charge in [0.05, 0.1) is 25.9 Å². The summed E-state index contributed by atoms with van der Waals surface area (Å²) in [5, 5.41) is 2.86. The molecule has 0 atom stereocenters. The van der Waals surface area contributed by atoms with E-state index in [2.05, 4.69) is 10.4 Å². The molecule has 0 spiro atoms. The second-order valence-electron chi connectivity index (χ2n) is 6.26. The molecule has 0 aliphatic carbocycles. The van der Waals surface area contributed by atoms with Gasteiger partial charge in [-0.05, 0) is 17.7 Å². The summed E-state index contributed by atoms with van der Waals surface area (Å²) in [5.74, 6) is 2.36. The summed E-state index contributed by atoms with van der Waals surface area (Å²) >= 11 is 1.63. The van der Waals surface area contributed by atoms with Crippen molar-refractivity contribution in [2.45, 2.75) is 18.1 Å². The molecule has 4 rings (SSSR count). The minimum Gasteiger partial charge on any atom is -0.497 e. The van der Waals surface area contributed by atoms with Crippen LogP contribution in [0.2, 0.25) is 0 Å². The summed E-state index contributed by atoms with van der Waals surface area (Å²) in [6.07, 6.45) is 0.535. The van der Waals surface area contributed by atoms with Gasteiger partial charge in [-0.25, -0.2) is 9.99 Å². The number of nitrogens with one attached hydrogen (secondary N) is 1. The van der Waals surface area contributed by atoms with Crippen LogP contribution in [0.5, 0.6) is 5.75 Å². The predicted octanol–water partition coefficient (Wildman–Crippen LogP) is 1.61. The van der Waals surface area contributed by atoms with Crippen molar-refractivity contribution in [3.63, 3.8) is 0 Å². The van der Waals surface area contributed by atoms with Crippen molar-refractivity contribution in [3.8, 4) is 5.75 Å². The van der Waals surface area contributed by atoms with Crippen LogP contribution >= 0.6 is 11.8 Å². The molecule has 0 bridgehead atoms. The fraction of sp³-hybridized carbons (Fsp3) is 0.444. The number of aromatic nitrogens is 2. The highest BCUT2D eigenvalue weighted by Gasteiger charge is 2.22. The van der Waals surface area contributed by atoms with Crippen LogP contribution in [0.25, 0.3) is 0 Å². The number of anilines is 1. The fourth-order valence-electron chi connectivity index (χ4n) is 3.13. The number of thioether (sulfide) groups is 1. The van der Waals surface area contributed by atoms with Crippen LogP contribution in [0.15, 0.2) is 34.2 Å². The first-order valence-corrected chi connectivity index (χ1v) is 9.72. The van der Waals surface area contributed by atoms with Gasteiger partial charge in [0.2, 0.25) is 0 Å². The Balaban J connectivity index is 1.67. The van der Waals surface area contributed by atoms with Crippen molar-refractivity contribution in [1.82, 2.24) is 14.6 Å². The maximum absolute atomic E-state index is 13.1. The van der Waals surface area contributed by atoms with Crippen LogP contribution < -0.4 is 15.7 Å². The summed E-state index contributed by atoms with van der Waals surface area (Å²) in [6.45, 7) is 3.63. The number of rotatable bonds is 5. The van der Waals surface area contributed by atoms with Crippen molar-refractivity contribution < 1.29 is 9.47 Å². The first kappa shape index (κ1) is 17.4. The van der Waals surface area contributed by atoms with Crippen molar-refractivity contribution in [2.24, 2.45) is 0 Å². The van der Waals surface area contributed by atoms with Gasteiger partial charge in [-0.3, -0.25) is 9.36 Å². The zero-order valence-corrected chi connectivity index (χ0v) is 15.6. The van der Waals surface area contributed by atoms with E-state index in [-0.39, 0.29) is 5.56 Å². The number of hydrazine groups is 1. The van der Waals surface area contributed by atoms with Crippen LogP contribution in [-0.4, -0.2) is 53.7 Å². The van der Waals surface area contributed by atoms with Crippen LogP contribution in [0, 0.1) is 0 Å². The highest BCUT2D eigenvalue weighted by Crippen LogP contribution is 2.26. The highest BCUT2D eigenvalue weighted by atomic mass is 32.2. The molecule has 26 heavy (non-hydrogen) atoms. The lowest BCUT2D eigenvalue weighted by Gasteiger charge is -2.28.